The minimum Gasteiger partial charge on any atom is -0.478 e. The van der Waals surface area contributed by atoms with Crippen molar-refractivity contribution in [2.75, 3.05) is 11.4 Å². The maximum Gasteiger partial charge on any atom is 0.335 e. The summed E-state index contributed by atoms with van der Waals surface area (Å²) in [5, 5.41) is 8.95. The van der Waals surface area contributed by atoms with Gasteiger partial charge < -0.3 is 5.11 Å². The number of hydrogen-bond donors (Lipinski definition) is 1. The fourth-order valence-electron chi connectivity index (χ4n) is 1.79. The Morgan fingerprint density at radius 2 is 2.33 bits per heavy atom. The number of anilines is 1. The number of carboxylic acid groups (broad SMARTS) is 1. The van der Waals surface area contributed by atoms with Gasteiger partial charge in [0.05, 0.1) is 5.56 Å². The number of terminal acetylenes is 1. The second-order valence-corrected chi connectivity index (χ2v) is 4.30. The molecule has 0 radical (unpaired) electrons. The summed E-state index contributed by atoms with van der Waals surface area (Å²) < 4.78 is 0. The lowest BCUT2D eigenvalue weighted by Crippen LogP contribution is -2.25. The second-order valence-electron chi connectivity index (χ2n) is 3.91. The minimum atomic E-state index is -1.12. The van der Waals surface area contributed by atoms with Crippen LogP contribution in [-0.2, 0) is 4.79 Å². The van der Waals surface area contributed by atoms with Gasteiger partial charge in [0, 0.05) is 18.9 Å². The Hall–Kier alpha value is -2.06. The van der Waals surface area contributed by atoms with Gasteiger partial charge in [0.25, 0.3) is 0 Å². The molecular weight excluding hydrogens is 256 g/mol. The molecular formula is C12H9ClN2O3. The molecule has 1 unspecified atom stereocenters. The first-order valence-corrected chi connectivity index (χ1v) is 5.56. The van der Waals surface area contributed by atoms with E-state index in [1.165, 1.54) is 17.0 Å². The molecule has 1 atom stereocenters. The molecule has 18 heavy (non-hydrogen) atoms. The van der Waals surface area contributed by atoms with Crippen molar-refractivity contribution in [3.05, 3.63) is 22.8 Å². The van der Waals surface area contributed by atoms with E-state index in [0.29, 0.717) is 6.54 Å². The molecule has 1 N–H and O–H groups in total. The number of halogens is 1. The van der Waals surface area contributed by atoms with Gasteiger partial charge in [-0.25, -0.2) is 9.78 Å². The molecule has 0 spiro atoms. The maximum atomic E-state index is 11.7. The van der Waals surface area contributed by atoms with Gasteiger partial charge >= 0.3 is 5.97 Å². The Morgan fingerprint density at radius 1 is 1.61 bits per heavy atom. The number of rotatable bonds is 2. The Morgan fingerprint density at radius 3 is 2.89 bits per heavy atom. The molecule has 2 rings (SSSR count). The molecule has 0 aliphatic carbocycles. The number of aromatic nitrogens is 1. The molecule has 0 saturated carbocycles. The number of nitrogens with zero attached hydrogens (tertiary/aromatic N) is 2. The fraction of sp³-hybridized carbons (Fsp3) is 0.250. The summed E-state index contributed by atoms with van der Waals surface area (Å²) in [6.45, 7) is 0.335. The molecule has 1 aromatic heterocycles. The van der Waals surface area contributed by atoms with E-state index in [-0.39, 0.29) is 34.8 Å². The van der Waals surface area contributed by atoms with Crippen LogP contribution in [0.5, 0.6) is 0 Å². The number of carboxylic acids is 1. The Kier molecular flexibility index (Phi) is 3.21. The average molecular weight is 265 g/mol. The summed E-state index contributed by atoms with van der Waals surface area (Å²) in [6.07, 6.45) is 5.52. The molecule has 5 nitrogen and oxygen atoms in total. The standard InChI is InChI=1S/C12H9ClN2O3/c1-2-7-3-11(16)15(6-7)10-5-8(12(17)18)4-9(13)14-10/h1,4-5,7H,3,6H2,(H,17,18). The first-order chi connectivity index (χ1) is 8.51. The molecule has 1 aliphatic rings. The highest BCUT2D eigenvalue weighted by molar-refractivity contribution is 6.30. The second kappa shape index (κ2) is 4.67. The molecule has 0 bridgehead atoms. The van der Waals surface area contributed by atoms with Gasteiger partial charge in [-0.05, 0) is 12.1 Å². The van der Waals surface area contributed by atoms with Crippen molar-refractivity contribution >= 4 is 29.3 Å². The average Bonchev–Trinajstić information content (AvgIpc) is 2.69. The normalized spacial score (nSPS) is 18.8. The van der Waals surface area contributed by atoms with E-state index in [1.807, 2.05) is 0 Å². The van der Waals surface area contributed by atoms with Gasteiger partial charge in [-0.3, -0.25) is 9.69 Å². The summed E-state index contributed by atoms with van der Waals surface area (Å²) >= 11 is 5.74. The quantitative estimate of drug-likeness (QED) is 0.648. The summed E-state index contributed by atoms with van der Waals surface area (Å²) in [7, 11) is 0. The van der Waals surface area contributed by atoms with Crippen molar-refractivity contribution in [1.82, 2.24) is 4.98 Å². The predicted octanol–water partition coefficient (Wildman–Crippen LogP) is 1.42. The van der Waals surface area contributed by atoms with Crippen LogP contribution in [0.15, 0.2) is 12.1 Å². The largest absolute Gasteiger partial charge is 0.478 e. The highest BCUT2D eigenvalue weighted by Gasteiger charge is 2.30. The van der Waals surface area contributed by atoms with Crippen LogP contribution in [-0.4, -0.2) is 28.5 Å². The third-order valence-corrected chi connectivity index (χ3v) is 2.86. The number of carbonyl (C=O) groups excluding carboxylic acids is 1. The molecule has 1 saturated heterocycles. The molecule has 92 valence electrons. The van der Waals surface area contributed by atoms with Crippen molar-refractivity contribution in [3.63, 3.8) is 0 Å². The SMILES string of the molecule is C#CC1CC(=O)N(c2cc(C(=O)O)cc(Cl)n2)C1. The van der Waals surface area contributed by atoms with Crippen LogP contribution >= 0.6 is 11.6 Å². The van der Waals surface area contributed by atoms with Gasteiger partial charge in [-0.15, -0.1) is 12.3 Å². The van der Waals surface area contributed by atoms with E-state index < -0.39 is 5.97 Å². The molecule has 1 aliphatic heterocycles. The zero-order valence-corrected chi connectivity index (χ0v) is 10.0. The van der Waals surface area contributed by atoms with Crippen LogP contribution in [0.3, 0.4) is 0 Å². The summed E-state index contributed by atoms with van der Waals surface area (Å²) in [4.78, 5) is 28.0. The summed E-state index contributed by atoms with van der Waals surface area (Å²) in [5.74, 6) is 1.26. The summed E-state index contributed by atoms with van der Waals surface area (Å²) in [6, 6.07) is 2.54. The lowest BCUT2D eigenvalue weighted by molar-refractivity contribution is -0.117. The summed E-state index contributed by atoms with van der Waals surface area (Å²) in [5.41, 5.74) is -0.0121. The lowest BCUT2D eigenvalue weighted by Gasteiger charge is -2.15. The van der Waals surface area contributed by atoms with E-state index in [9.17, 15) is 9.59 Å². The van der Waals surface area contributed by atoms with E-state index in [1.54, 1.807) is 0 Å². The van der Waals surface area contributed by atoms with Crippen molar-refractivity contribution in [1.29, 1.82) is 0 Å². The zero-order valence-electron chi connectivity index (χ0n) is 9.26. The third-order valence-electron chi connectivity index (χ3n) is 2.66. The predicted molar refractivity (Wildman–Crippen MR) is 65.5 cm³/mol. The molecule has 6 heteroatoms. The van der Waals surface area contributed by atoms with E-state index >= 15 is 0 Å². The van der Waals surface area contributed by atoms with Crippen LogP contribution in [0, 0.1) is 18.3 Å². The van der Waals surface area contributed by atoms with Crippen molar-refractivity contribution in [2.45, 2.75) is 6.42 Å². The Labute approximate surface area is 108 Å². The molecule has 0 aromatic carbocycles. The zero-order chi connectivity index (χ0) is 13.3. The molecule has 1 aromatic rings. The monoisotopic (exact) mass is 264 g/mol. The van der Waals surface area contributed by atoms with Gasteiger partial charge in [-0.1, -0.05) is 11.6 Å². The number of pyridine rings is 1. The smallest absolute Gasteiger partial charge is 0.335 e. The highest BCUT2D eigenvalue weighted by atomic mass is 35.5. The Balaban J connectivity index is 2.37. The van der Waals surface area contributed by atoms with Crippen LogP contribution < -0.4 is 4.90 Å². The van der Waals surface area contributed by atoms with E-state index in [0.717, 1.165) is 0 Å². The fourth-order valence-corrected chi connectivity index (χ4v) is 1.99. The molecule has 1 amide bonds. The van der Waals surface area contributed by atoms with Crippen LogP contribution in [0.2, 0.25) is 5.15 Å². The van der Waals surface area contributed by atoms with Gasteiger partial charge in [0.1, 0.15) is 11.0 Å². The van der Waals surface area contributed by atoms with Crippen LogP contribution in [0.1, 0.15) is 16.8 Å². The number of aromatic carboxylic acids is 1. The molecule has 2 heterocycles. The van der Waals surface area contributed by atoms with Crippen LogP contribution in [0.25, 0.3) is 0 Å². The van der Waals surface area contributed by atoms with Crippen molar-refractivity contribution in [2.24, 2.45) is 5.92 Å². The Bertz CT molecular complexity index is 565. The van der Waals surface area contributed by atoms with Gasteiger partial charge in [0.2, 0.25) is 5.91 Å². The first-order valence-electron chi connectivity index (χ1n) is 5.18. The highest BCUT2D eigenvalue weighted by Crippen LogP contribution is 2.25. The number of hydrogen-bond acceptors (Lipinski definition) is 3. The van der Waals surface area contributed by atoms with Crippen LogP contribution in [0.4, 0.5) is 5.82 Å². The lowest BCUT2D eigenvalue weighted by atomic mass is 10.1. The van der Waals surface area contributed by atoms with Gasteiger partial charge in [0.15, 0.2) is 0 Å². The van der Waals surface area contributed by atoms with E-state index in [2.05, 4.69) is 10.9 Å². The first kappa shape index (κ1) is 12.4. The third kappa shape index (κ3) is 2.29. The molecule has 1 fully saturated rings. The van der Waals surface area contributed by atoms with Crippen molar-refractivity contribution < 1.29 is 14.7 Å². The number of amides is 1. The maximum absolute atomic E-state index is 11.7. The topological polar surface area (TPSA) is 70.5 Å². The minimum absolute atomic E-state index is 0.0121. The number of carbonyl (C=O) groups is 2. The van der Waals surface area contributed by atoms with Gasteiger partial charge in [-0.2, -0.15) is 0 Å². The van der Waals surface area contributed by atoms with Crippen molar-refractivity contribution in [3.8, 4) is 12.3 Å². The van der Waals surface area contributed by atoms with E-state index in [4.69, 9.17) is 23.1 Å².